The average Bonchev–Trinajstić information content (AvgIpc) is 2.86. The SMILES string of the molecule is O=C(c1cc(F)ccc1Br)N1CCCC1CCCCl. The minimum atomic E-state index is -0.386. The average molecular weight is 349 g/mol. The van der Waals surface area contributed by atoms with E-state index >= 15 is 0 Å². The first-order valence-electron chi connectivity index (χ1n) is 6.45. The Labute approximate surface area is 126 Å². The molecule has 2 rings (SSSR count). The van der Waals surface area contributed by atoms with Crippen LogP contribution in [0.1, 0.15) is 36.0 Å². The fraction of sp³-hybridized carbons (Fsp3) is 0.500. The summed E-state index contributed by atoms with van der Waals surface area (Å²) in [5, 5.41) is 0. The van der Waals surface area contributed by atoms with E-state index in [1.54, 1.807) is 6.07 Å². The standard InChI is InChI=1S/C14H16BrClFNO/c15-13-6-5-10(17)9-12(13)14(19)18-8-2-4-11(18)3-1-7-16/h5-6,9,11H,1-4,7-8H2. The second-order valence-electron chi connectivity index (χ2n) is 4.75. The summed E-state index contributed by atoms with van der Waals surface area (Å²) in [5.41, 5.74) is 0.401. The molecule has 2 nitrogen and oxygen atoms in total. The molecule has 0 bridgehead atoms. The number of benzene rings is 1. The van der Waals surface area contributed by atoms with Crippen molar-refractivity contribution < 1.29 is 9.18 Å². The van der Waals surface area contributed by atoms with Gasteiger partial charge in [0.1, 0.15) is 5.82 Å². The molecule has 1 unspecified atom stereocenters. The largest absolute Gasteiger partial charge is 0.336 e. The number of likely N-dealkylation sites (tertiary alicyclic amines) is 1. The molecule has 0 spiro atoms. The van der Waals surface area contributed by atoms with Gasteiger partial charge >= 0.3 is 0 Å². The normalized spacial score (nSPS) is 18.9. The van der Waals surface area contributed by atoms with Gasteiger partial charge in [0, 0.05) is 22.9 Å². The molecule has 1 aliphatic rings. The van der Waals surface area contributed by atoms with Crippen molar-refractivity contribution in [3.05, 3.63) is 34.1 Å². The molecule has 104 valence electrons. The third-order valence-corrected chi connectivity index (χ3v) is 4.43. The van der Waals surface area contributed by atoms with Crippen molar-refractivity contribution in [1.29, 1.82) is 0 Å². The van der Waals surface area contributed by atoms with Crippen LogP contribution in [0.4, 0.5) is 4.39 Å². The van der Waals surface area contributed by atoms with Crippen LogP contribution in [-0.2, 0) is 0 Å². The molecule has 1 fully saturated rings. The van der Waals surface area contributed by atoms with Crippen LogP contribution in [0, 0.1) is 5.82 Å². The van der Waals surface area contributed by atoms with E-state index in [1.807, 2.05) is 4.90 Å². The third-order valence-electron chi connectivity index (χ3n) is 3.47. The van der Waals surface area contributed by atoms with Crippen LogP contribution < -0.4 is 0 Å². The van der Waals surface area contributed by atoms with Crippen LogP contribution >= 0.6 is 27.5 Å². The number of rotatable bonds is 4. The van der Waals surface area contributed by atoms with Gasteiger partial charge in [-0.15, -0.1) is 11.6 Å². The highest BCUT2D eigenvalue weighted by molar-refractivity contribution is 9.10. The quantitative estimate of drug-likeness (QED) is 0.746. The smallest absolute Gasteiger partial charge is 0.255 e. The summed E-state index contributed by atoms with van der Waals surface area (Å²) in [6, 6.07) is 4.45. The van der Waals surface area contributed by atoms with Gasteiger partial charge in [0.15, 0.2) is 0 Å². The Morgan fingerprint density at radius 3 is 3.05 bits per heavy atom. The molecule has 5 heteroatoms. The van der Waals surface area contributed by atoms with E-state index in [4.69, 9.17) is 11.6 Å². The Morgan fingerprint density at radius 2 is 2.32 bits per heavy atom. The van der Waals surface area contributed by atoms with Gasteiger partial charge < -0.3 is 4.90 Å². The van der Waals surface area contributed by atoms with Gasteiger partial charge in [-0.2, -0.15) is 0 Å². The predicted octanol–water partition coefficient (Wildman–Crippen LogP) is 4.21. The molecule has 1 heterocycles. The second-order valence-corrected chi connectivity index (χ2v) is 5.98. The van der Waals surface area contributed by atoms with E-state index in [2.05, 4.69) is 15.9 Å². The number of hydrogen-bond acceptors (Lipinski definition) is 1. The molecule has 1 amide bonds. The predicted molar refractivity (Wildman–Crippen MR) is 78.1 cm³/mol. The lowest BCUT2D eigenvalue weighted by atomic mass is 10.1. The molecule has 1 aromatic rings. The maximum absolute atomic E-state index is 13.3. The van der Waals surface area contributed by atoms with E-state index < -0.39 is 0 Å². The number of amides is 1. The van der Waals surface area contributed by atoms with Crippen LogP contribution in [0.15, 0.2) is 22.7 Å². The molecule has 1 saturated heterocycles. The molecular formula is C14H16BrClFNO. The van der Waals surface area contributed by atoms with Crippen molar-refractivity contribution in [2.24, 2.45) is 0 Å². The van der Waals surface area contributed by atoms with Gasteiger partial charge in [0.05, 0.1) is 5.56 Å². The Kier molecular flexibility index (Phi) is 5.22. The van der Waals surface area contributed by atoms with Crippen LogP contribution in [-0.4, -0.2) is 29.3 Å². The highest BCUT2D eigenvalue weighted by Gasteiger charge is 2.29. The summed E-state index contributed by atoms with van der Waals surface area (Å²) in [7, 11) is 0. The number of hydrogen-bond donors (Lipinski definition) is 0. The molecule has 0 saturated carbocycles. The fourth-order valence-electron chi connectivity index (χ4n) is 2.53. The number of carbonyl (C=O) groups is 1. The third kappa shape index (κ3) is 3.48. The van der Waals surface area contributed by atoms with E-state index in [1.165, 1.54) is 12.1 Å². The van der Waals surface area contributed by atoms with Gasteiger partial charge in [0.2, 0.25) is 0 Å². The molecule has 0 aromatic heterocycles. The fourth-order valence-corrected chi connectivity index (χ4v) is 3.10. The molecular weight excluding hydrogens is 333 g/mol. The minimum Gasteiger partial charge on any atom is -0.336 e. The lowest BCUT2D eigenvalue weighted by molar-refractivity contribution is 0.0728. The maximum atomic E-state index is 13.3. The van der Waals surface area contributed by atoms with Crippen LogP contribution in [0.2, 0.25) is 0 Å². The van der Waals surface area contributed by atoms with Crippen molar-refractivity contribution in [3.8, 4) is 0 Å². The summed E-state index contributed by atoms with van der Waals surface area (Å²) in [6.07, 6.45) is 3.84. The van der Waals surface area contributed by atoms with Gasteiger partial charge in [-0.25, -0.2) is 4.39 Å². The number of nitrogens with zero attached hydrogens (tertiary/aromatic N) is 1. The Bertz CT molecular complexity index is 469. The van der Waals surface area contributed by atoms with E-state index in [-0.39, 0.29) is 17.8 Å². The first kappa shape index (κ1) is 14.8. The molecule has 1 aliphatic heterocycles. The topological polar surface area (TPSA) is 20.3 Å². The molecule has 19 heavy (non-hydrogen) atoms. The maximum Gasteiger partial charge on any atom is 0.255 e. The summed E-state index contributed by atoms with van der Waals surface area (Å²) in [4.78, 5) is 14.3. The molecule has 0 aliphatic carbocycles. The molecule has 0 N–H and O–H groups in total. The van der Waals surface area contributed by atoms with E-state index in [9.17, 15) is 9.18 Å². The highest BCUT2D eigenvalue weighted by Crippen LogP contribution is 2.27. The van der Waals surface area contributed by atoms with E-state index in [0.29, 0.717) is 15.9 Å². The van der Waals surface area contributed by atoms with Gasteiger partial charge in [0.25, 0.3) is 5.91 Å². The van der Waals surface area contributed by atoms with Gasteiger partial charge in [-0.05, 0) is 59.8 Å². The summed E-state index contributed by atoms with van der Waals surface area (Å²) >= 11 is 9.03. The zero-order valence-electron chi connectivity index (χ0n) is 10.5. The number of halogens is 3. The molecule has 0 radical (unpaired) electrons. The Morgan fingerprint density at radius 1 is 1.53 bits per heavy atom. The van der Waals surface area contributed by atoms with Crippen molar-refractivity contribution in [2.45, 2.75) is 31.7 Å². The lowest BCUT2D eigenvalue weighted by Crippen LogP contribution is -2.35. The minimum absolute atomic E-state index is 0.0940. The van der Waals surface area contributed by atoms with Crippen molar-refractivity contribution in [3.63, 3.8) is 0 Å². The van der Waals surface area contributed by atoms with Crippen molar-refractivity contribution in [1.82, 2.24) is 4.90 Å². The first-order valence-corrected chi connectivity index (χ1v) is 7.78. The Hall–Kier alpha value is -0.610. The molecule has 1 atom stereocenters. The van der Waals surface area contributed by atoms with Crippen LogP contribution in [0.25, 0.3) is 0 Å². The first-order chi connectivity index (χ1) is 9.13. The summed E-state index contributed by atoms with van der Waals surface area (Å²) < 4.78 is 13.9. The second kappa shape index (κ2) is 6.71. The Balaban J connectivity index is 2.16. The monoisotopic (exact) mass is 347 g/mol. The van der Waals surface area contributed by atoms with Crippen molar-refractivity contribution in [2.75, 3.05) is 12.4 Å². The highest BCUT2D eigenvalue weighted by atomic mass is 79.9. The zero-order chi connectivity index (χ0) is 13.8. The van der Waals surface area contributed by atoms with Crippen molar-refractivity contribution >= 4 is 33.4 Å². The van der Waals surface area contributed by atoms with Crippen LogP contribution in [0.3, 0.4) is 0 Å². The zero-order valence-corrected chi connectivity index (χ0v) is 12.9. The van der Waals surface area contributed by atoms with Crippen LogP contribution in [0.5, 0.6) is 0 Å². The van der Waals surface area contributed by atoms with Gasteiger partial charge in [-0.3, -0.25) is 4.79 Å². The molecule has 1 aromatic carbocycles. The summed E-state index contributed by atoms with van der Waals surface area (Å²) in [5.74, 6) is 0.133. The number of alkyl halides is 1. The summed E-state index contributed by atoms with van der Waals surface area (Å²) in [6.45, 7) is 0.745. The van der Waals surface area contributed by atoms with E-state index in [0.717, 1.165) is 32.2 Å². The number of carbonyl (C=O) groups excluding carboxylic acids is 1. The van der Waals surface area contributed by atoms with Gasteiger partial charge in [-0.1, -0.05) is 0 Å². The lowest BCUT2D eigenvalue weighted by Gasteiger charge is -2.25.